The molecule has 128 valence electrons. The lowest BCUT2D eigenvalue weighted by Gasteiger charge is -2.22. The molecule has 4 rings (SSSR count). The number of hydrogen-bond donors (Lipinski definition) is 0. The maximum Gasteiger partial charge on any atom is 0.278 e. The van der Waals surface area contributed by atoms with E-state index in [-0.39, 0.29) is 5.91 Å². The molecular weight excluding hydrogens is 346 g/mol. The normalized spacial score (nSPS) is 10.6. The lowest BCUT2D eigenvalue weighted by atomic mass is 10.2. The zero-order chi connectivity index (χ0) is 17.8. The van der Waals surface area contributed by atoms with Crippen molar-refractivity contribution in [1.82, 2.24) is 19.7 Å². The van der Waals surface area contributed by atoms with Crippen molar-refractivity contribution in [3.8, 4) is 5.82 Å². The zero-order valence-electron chi connectivity index (χ0n) is 13.8. The molecule has 0 saturated carbocycles. The Kier molecular flexibility index (Phi) is 4.53. The van der Waals surface area contributed by atoms with Crippen LogP contribution in [0.25, 0.3) is 5.82 Å². The molecule has 0 radical (unpaired) electrons. The quantitative estimate of drug-likeness (QED) is 0.545. The number of anilines is 1. The van der Waals surface area contributed by atoms with Crippen molar-refractivity contribution in [2.45, 2.75) is 6.54 Å². The highest BCUT2D eigenvalue weighted by molar-refractivity contribution is 7.07. The second kappa shape index (κ2) is 7.28. The molecule has 1 aromatic carbocycles. The van der Waals surface area contributed by atoms with Crippen LogP contribution in [0.2, 0.25) is 0 Å². The fraction of sp³-hybridized carbons (Fsp3) is 0.0526. The minimum Gasteiger partial charge on any atom is -0.303 e. The van der Waals surface area contributed by atoms with Crippen LogP contribution in [0.4, 0.5) is 5.69 Å². The van der Waals surface area contributed by atoms with E-state index in [1.807, 2.05) is 47.2 Å². The molecule has 0 N–H and O–H groups in total. The van der Waals surface area contributed by atoms with Gasteiger partial charge in [-0.25, -0.2) is 14.6 Å². The minimum atomic E-state index is -0.193. The summed E-state index contributed by atoms with van der Waals surface area (Å²) < 4.78 is 1.60. The van der Waals surface area contributed by atoms with Crippen molar-refractivity contribution in [2.75, 3.05) is 4.90 Å². The van der Waals surface area contributed by atoms with Crippen molar-refractivity contribution >= 4 is 22.9 Å². The summed E-state index contributed by atoms with van der Waals surface area (Å²) in [6, 6.07) is 13.4. The molecule has 0 atom stereocenters. The first-order valence-corrected chi connectivity index (χ1v) is 8.95. The van der Waals surface area contributed by atoms with Crippen molar-refractivity contribution in [3.05, 3.63) is 89.3 Å². The number of hydrogen-bond acceptors (Lipinski definition) is 5. The lowest BCUT2D eigenvalue weighted by Crippen LogP contribution is -2.31. The molecule has 7 heteroatoms. The minimum absolute atomic E-state index is 0.193. The van der Waals surface area contributed by atoms with Crippen LogP contribution in [0.15, 0.2) is 78.0 Å². The van der Waals surface area contributed by atoms with Crippen LogP contribution in [-0.4, -0.2) is 25.7 Å². The smallest absolute Gasteiger partial charge is 0.278 e. The molecule has 0 spiro atoms. The van der Waals surface area contributed by atoms with Crippen LogP contribution in [0.5, 0.6) is 0 Å². The van der Waals surface area contributed by atoms with Crippen molar-refractivity contribution in [2.24, 2.45) is 0 Å². The number of aromatic nitrogens is 4. The molecule has 0 aliphatic carbocycles. The topological polar surface area (TPSA) is 63.9 Å². The van der Waals surface area contributed by atoms with Gasteiger partial charge in [0.05, 0.1) is 18.9 Å². The van der Waals surface area contributed by atoms with Gasteiger partial charge in [-0.15, -0.1) is 0 Å². The second-order valence-corrected chi connectivity index (χ2v) is 6.35. The van der Waals surface area contributed by atoms with Gasteiger partial charge >= 0.3 is 0 Å². The molecule has 6 nitrogen and oxygen atoms in total. The maximum absolute atomic E-state index is 13.1. The van der Waals surface area contributed by atoms with Crippen LogP contribution >= 0.6 is 11.3 Å². The van der Waals surface area contributed by atoms with Gasteiger partial charge < -0.3 is 4.90 Å². The molecular formula is C19H15N5OS. The standard InChI is InChI=1S/C19H15N5OS/c25-19(17-11-21-18(12-20-17)24-9-4-8-22-24)23(13-15-7-10-26-14-15)16-5-2-1-3-6-16/h1-12,14H,13H2. The monoisotopic (exact) mass is 361 g/mol. The Hall–Kier alpha value is -3.32. The number of carbonyl (C=O) groups excluding carboxylic acids is 1. The van der Waals surface area contributed by atoms with Gasteiger partial charge in [-0.3, -0.25) is 4.79 Å². The van der Waals surface area contributed by atoms with E-state index < -0.39 is 0 Å². The van der Waals surface area contributed by atoms with Crippen molar-refractivity contribution < 1.29 is 4.79 Å². The molecule has 0 aliphatic rings. The van der Waals surface area contributed by atoms with Gasteiger partial charge in [0.1, 0.15) is 5.69 Å². The van der Waals surface area contributed by atoms with E-state index in [0.29, 0.717) is 18.1 Å². The summed E-state index contributed by atoms with van der Waals surface area (Å²) in [5.41, 5.74) is 2.19. The van der Waals surface area contributed by atoms with E-state index >= 15 is 0 Å². The molecule has 0 bridgehead atoms. The third-order valence-electron chi connectivity index (χ3n) is 3.83. The van der Waals surface area contributed by atoms with Crippen molar-refractivity contribution in [1.29, 1.82) is 0 Å². The Balaban J connectivity index is 1.63. The Morgan fingerprint density at radius 1 is 1.08 bits per heavy atom. The highest BCUT2D eigenvalue weighted by Crippen LogP contribution is 2.20. The summed E-state index contributed by atoms with van der Waals surface area (Å²) in [5.74, 6) is 0.373. The number of nitrogens with zero attached hydrogens (tertiary/aromatic N) is 5. The highest BCUT2D eigenvalue weighted by atomic mass is 32.1. The van der Waals surface area contributed by atoms with Crippen LogP contribution in [0, 0.1) is 0 Å². The van der Waals surface area contributed by atoms with Gasteiger partial charge in [0, 0.05) is 18.1 Å². The summed E-state index contributed by atoms with van der Waals surface area (Å²) in [6.45, 7) is 0.481. The predicted octanol–water partition coefficient (Wildman–Crippen LogP) is 3.57. The summed E-state index contributed by atoms with van der Waals surface area (Å²) >= 11 is 1.61. The van der Waals surface area contributed by atoms with Gasteiger partial charge in [-0.2, -0.15) is 16.4 Å². The number of rotatable bonds is 5. The van der Waals surface area contributed by atoms with E-state index in [1.54, 1.807) is 45.6 Å². The molecule has 0 fully saturated rings. The zero-order valence-corrected chi connectivity index (χ0v) is 14.6. The molecule has 0 aliphatic heterocycles. The first-order chi connectivity index (χ1) is 12.8. The largest absolute Gasteiger partial charge is 0.303 e. The first kappa shape index (κ1) is 16.2. The van der Waals surface area contributed by atoms with Crippen LogP contribution in [0.1, 0.15) is 16.1 Å². The third kappa shape index (κ3) is 3.38. The number of thiophene rings is 1. The molecule has 26 heavy (non-hydrogen) atoms. The van der Waals surface area contributed by atoms with E-state index in [1.165, 1.54) is 6.20 Å². The van der Waals surface area contributed by atoms with E-state index in [2.05, 4.69) is 15.1 Å². The summed E-state index contributed by atoms with van der Waals surface area (Å²) in [6.07, 6.45) is 6.48. The highest BCUT2D eigenvalue weighted by Gasteiger charge is 2.20. The van der Waals surface area contributed by atoms with Crippen LogP contribution in [0.3, 0.4) is 0 Å². The molecule has 0 saturated heterocycles. The number of para-hydroxylation sites is 1. The number of amides is 1. The first-order valence-electron chi connectivity index (χ1n) is 8.01. The van der Waals surface area contributed by atoms with Crippen molar-refractivity contribution in [3.63, 3.8) is 0 Å². The van der Waals surface area contributed by atoms with E-state index in [0.717, 1.165) is 11.3 Å². The summed E-state index contributed by atoms with van der Waals surface area (Å²) in [4.78, 5) is 23.4. The molecule has 4 aromatic rings. The average Bonchev–Trinajstić information content (AvgIpc) is 3.40. The summed E-state index contributed by atoms with van der Waals surface area (Å²) in [5, 5.41) is 8.15. The van der Waals surface area contributed by atoms with E-state index in [4.69, 9.17) is 0 Å². The Bertz CT molecular complexity index is 967. The van der Waals surface area contributed by atoms with Gasteiger partial charge in [-0.1, -0.05) is 18.2 Å². The van der Waals surface area contributed by atoms with Gasteiger partial charge in [0.15, 0.2) is 5.82 Å². The fourth-order valence-corrected chi connectivity index (χ4v) is 3.21. The van der Waals surface area contributed by atoms with Gasteiger partial charge in [0.25, 0.3) is 5.91 Å². The Morgan fingerprint density at radius 3 is 2.62 bits per heavy atom. The van der Waals surface area contributed by atoms with E-state index in [9.17, 15) is 4.79 Å². The predicted molar refractivity (Wildman–Crippen MR) is 100 cm³/mol. The maximum atomic E-state index is 13.1. The van der Waals surface area contributed by atoms with Gasteiger partial charge in [-0.05, 0) is 40.6 Å². The molecule has 0 unspecified atom stereocenters. The average molecular weight is 361 g/mol. The second-order valence-electron chi connectivity index (χ2n) is 5.57. The molecule has 3 heterocycles. The molecule has 1 amide bonds. The SMILES string of the molecule is O=C(c1cnc(-n2cccn2)cn1)N(Cc1ccsc1)c1ccccc1. The fourth-order valence-electron chi connectivity index (χ4n) is 2.55. The van der Waals surface area contributed by atoms with Gasteiger partial charge in [0.2, 0.25) is 0 Å². The number of carbonyl (C=O) groups is 1. The molecule has 3 aromatic heterocycles. The lowest BCUT2D eigenvalue weighted by molar-refractivity contribution is 0.0980. The van der Waals surface area contributed by atoms with Crippen LogP contribution < -0.4 is 4.90 Å². The Labute approximate surface area is 154 Å². The number of benzene rings is 1. The van der Waals surface area contributed by atoms with Crippen LogP contribution in [-0.2, 0) is 6.54 Å². The third-order valence-corrected chi connectivity index (χ3v) is 4.56. The Morgan fingerprint density at radius 2 is 1.96 bits per heavy atom. The summed E-state index contributed by atoms with van der Waals surface area (Å²) in [7, 11) is 0.